The molecule has 0 aromatic heterocycles. The van der Waals surface area contributed by atoms with Gasteiger partial charge in [-0.15, -0.1) is 31.4 Å². The molecule has 1 aromatic carbocycles. The van der Waals surface area contributed by atoms with Crippen molar-refractivity contribution in [2.45, 2.75) is 25.1 Å². The highest BCUT2D eigenvalue weighted by Crippen LogP contribution is 2.35. The Morgan fingerprint density at radius 3 is 2.38 bits per heavy atom. The van der Waals surface area contributed by atoms with E-state index in [1.54, 1.807) is 6.08 Å². The molecule has 0 radical (unpaired) electrons. The largest absolute Gasteiger partial charge is 0.419 e. The number of benzene rings is 1. The summed E-state index contributed by atoms with van der Waals surface area (Å²) >= 11 is 0. The van der Waals surface area contributed by atoms with Crippen LogP contribution < -0.4 is 5.32 Å². The van der Waals surface area contributed by atoms with E-state index in [1.165, 1.54) is 6.07 Å². The Hall–Kier alpha value is -0.820. The second kappa shape index (κ2) is 10.2. The molecule has 2 rings (SSSR count). The minimum absolute atomic E-state index is 0. The summed E-state index contributed by atoms with van der Waals surface area (Å²) in [6.07, 6.45) is -1.55. The third-order valence-electron chi connectivity index (χ3n) is 3.92. The molecule has 1 aromatic rings. The fourth-order valence-corrected chi connectivity index (χ4v) is 2.80. The molecule has 0 bridgehead atoms. The summed E-state index contributed by atoms with van der Waals surface area (Å²) in [7, 11) is 0. The fourth-order valence-electron chi connectivity index (χ4n) is 2.80. The van der Waals surface area contributed by atoms with Crippen molar-refractivity contribution in [3.8, 4) is 0 Å². The number of alkyl halides is 3. The lowest BCUT2D eigenvalue weighted by Gasteiger charge is -2.35. The third-order valence-corrected chi connectivity index (χ3v) is 3.92. The molecule has 0 saturated carbocycles. The highest BCUT2D eigenvalue weighted by molar-refractivity contribution is 5.85. The molecule has 0 amide bonds. The summed E-state index contributed by atoms with van der Waals surface area (Å²) in [6.45, 7) is 6.81. The molecule has 1 aliphatic heterocycles. The van der Waals surface area contributed by atoms with Crippen molar-refractivity contribution in [2.24, 2.45) is 0 Å². The highest BCUT2D eigenvalue weighted by Gasteiger charge is 2.35. The fraction of sp³-hybridized carbons (Fsp3) is 0.500. The quantitative estimate of drug-likeness (QED) is 0.585. The number of rotatable bonds is 5. The molecule has 138 valence electrons. The molecular weight excluding hydrogens is 367 g/mol. The van der Waals surface area contributed by atoms with Crippen LogP contribution in [0.5, 0.6) is 0 Å². The van der Waals surface area contributed by atoms with E-state index in [0.29, 0.717) is 18.4 Å². The highest BCUT2D eigenvalue weighted by atomic mass is 35.5. The van der Waals surface area contributed by atoms with E-state index < -0.39 is 17.6 Å². The molecule has 1 saturated heterocycles. The molecule has 1 aliphatic rings. The van der Waals surface area contributed by atoms with E-state index in [1.807, 2.05) is 0 Å². The summed E-state index contributed by atoms with van der Waals surface area (Å²) in [6, 6.07) is 3.18. The average Bonchev–Trinajstić information content (AvgIpc) is 2.49. The van der Waals surface area contributed by atoms with Crippen LogP contribution >= 0.6 is 24.8 Å². The minimum atomic E-state index is -4.67. The SMILES string of the molecule is C=CCC[C@@H](c1ccc(F)c(C(F)(F)F)c1)N1CCNCC1.Cl.Cl. The Morgan fingerprint density at radius 1 is 1.21 bits per heavy atom. The molecule has 0 spiro atoms. The van der Waals surface area contributed by atoms with E-state index in [0.717, 1.165) is 38.3 Å². The molecule has 0 aliphatic carbocycles. The first-order chi connectivity index (χ1) is 10.4. The molecular formula is C16H22Cl2F4N2. The van der Waals surface area contributed by atoms with Crippen molar-refractivity contribution in [1.82, 2.24) is 10.2 Å². The molecule has 0 unspecified atom stereocenters. The van der Waals surface area contributed by atoms with Crippen LogP contribution in [0, 0.1) is 5.82 Å². The molecule has 2 nitrogen and oxygen atoms in total. The van der Waals surface area contributed by atoms with Gasteiger partial charge in [0.2, 0.25) is 0 Å². The van der Waals surface area contributed by atoms with Gasteiger partial charge in [-0.3, -0.25) is 4.90 Å². The first kappa shape index (κ1) is 23.2. The number of halogens is 6. The predicted octanol–water partition coefficient (Wildman–Crippen LogP) is 4.60. The maximum atomic E-state index is 13.5. The zero-order chi connectivity index (χ0) is 16.2. The van der Waals surface area contributed by atoms with Gasteiger partial charge >= 0.3 is 6.18 Å². The Kier molecular flexibility index (Phi) is 9.88. The molecule has 24 heavy (non-hydrogen) atoms. The zero-order valence-corrected chi connectivity index (χ0v) is 14.7. The maximum Gasteiger partial charge on any atom is 0.419 e. The van der Waals surface area contributed by atoms with Crippen LogP contribution in [-0.4, -0.2) is 31.1 Å². The van der Waals surface area contributed by atoms with Crippen LogP contribution in [0.25, 0.3) is 0 Å². The van der Waals surface area contributed by atoms with E-state index in [2.05, 4.69) is 16.8 Å². The van der Waals surface area contributed by atoms with Gasteiger partial charge in [-0.2, -0.15) is 13.2 Å². The van der Waals surface area contributed by atoms with Gasteiger partial charge in [0.25, 0.3) is 0 Å². The molecule has 1 heterocycles. The number of hydrogen-bond donors (Lipinski definition) is 1. The van der Waals surface area contributed by atoms with Crippen LogP contribution in [0.15, 0.2) is 30.9 Å². The van der Waals surface area contributed by atoms with Gasteiger partial charge < -0.3 is 5.32 Å². The number of nitrogens with zero attached hydrogens (tertiary/aromatic N) is 1. The average molecular weight is 389 g/mol. The maximum absolute atomic E-state index is 13.5. The van der Waals surface area contributed by atoms with Gasteiger partial charge in [0.15, 0.2) is 0 Å². The van der Waals surface area contributed by atoms with Gasteiger partial charge in [0.1, 0.15) is 5.82 Å². The Balaban J connectivity index is 0.00000264. The molecule has 1 fully saturated rings. The first-order valence-electron chi connectivity index (χ1n) is 7.36. The monoisotopic (exact) mass is 388 g/mol. The zero-order valence-electron chi connectivity index (χ0n) is 13.1. The van der Waals surface area contributed by atoms with Crippen LogP contribution in [0.3, 0.4) is 0 Å². The van der Waals surface area contributed by atoms with E-state index in [9.17, 15) is 17.6 Å². The number of hydrogen-bond acceptors (Lipinski definition) is 2. The standard InChI is InChI=1S/C16H20F4N2.2ClH/c1-2-3-4-15(22-9-7-21-8-10-22)12-5-6-14(17)13(11-12)16(18,19)20;;/h2,5-6,11,15,21H,1,3-4,7-10H2;2*1H/t15-;;/m0../s1. The lowest BCUT2D eigenvalue weighted by molar-refractivity contribution is -0.140. The van der Waals surface area contributed by atoms with Crippen LogP contribution in [0.1, 0.15) is 30.0 Å². The summed E-state index contributed by atoms with van der Waals surface area (Å²) in [4.78, 5) is 2.15. The Bertz CT molecular complexity index is 517. The van der Waals surface area contributed by atoms with Crippen molar-refractivity contribution in [1.29, 1.82) is 0 Å². The van der Waals surface area contributed by atoms with Crippen molar-refractivity contribution in [2.75, 3.05) is 26.2 Å². The lowest BCUT2D eigenvalue weighted by atomic mass is 9.97. The second-order valence-electron chi connectivity index (χ2n) is 5.40. The number of nitrogens with one attached hydrogen (secondary N) is 1. The normalized spacial score (nSPS) is 16.7. The van der Waals surface area contributed by atoms with Crippen LogP contribution in [0.2, 0.25) is 0 Å². The number of allylic oxidation sites excluding steroid dienone is 1. The Labute approximate surface area is 152 Å². The van der Waals surface area contributed by atoms with Gasteiger partial charge in [-0.1, -0.05) is 12.1 Å². The topological polar surface area (TPSA) is 15.3 Å². The van der Waals surface area contributed by atoms with E-state index in [4.69, 9.17) is 0 Å². The van der Waals surface area contributed by atoms with Gasteiger partial charge in [-0.25, -0.2) is 4.39 Å². The smallest absolute Gasteiger partial charge is 0.314 e. The van der Waals surface area contributed by atoms with Gasteiger partial charge in [-0.05, 0) is 30.5 Å². The first-order valence-corrected chi connectivity index (χ1v) is 7.36. The van der Waals surface area contributed by atoms with E-state index >= 15 is 0 Å². The predicted molar refractivity (Wildman–Crippen MR) is 92.5 cm³/mol. The third kappa shape index (κ3) is 5.92. The van der Waals surface area contributed by atoms with Crippen LogP contribution in [-0.2, 0) is 6.18 Å². The van der Waals surface area contributed by atoms with E-state index in [-0.39, 0.29) is 30.9 Å². The van der Waals surface area contributed by atoms with Crippen LogP contribution in [0.4, 0.5) is 17.6 Å². The molecule has 1 atom stereocenters. The lowest BCUT2D eigenvalue weighted by Crippen LogP contribution is -2.45. The summed E-state index contributed by atoms with van der Waals surface area (Å²) in [5, 5.41) is 3.22. The molecule has 1 N–H and O–H groups in total. The summed E-state index contributed by atoms with van der Waals surface area (Å²) in [5.41, 5.74) is -0.679. The Morgan fingerprint density at radius 2 is 1.83 bits per heavy atom. The summed E-state index contributed by atoms with van der Waals surface area (Å²) in [5.74, 6) is -1.22. The van der Waals surface area contributed by atoms with Crippen molar-refractivity contribution in [3.63, 3.8) is 0 Å². The van der Waals surface area contributed by atoms with Gasteiger partial charge in [0, 0.05) is 32.2 Å². The summed E-state index contributed by atoms with van der Waals surface area (Å²) < 4.78 is 52.2. The second-order valence-corrected chi connectivity index (χ2v) is 5.40. The van der Waals surface area contributed by atoms with Crippen molar-refractivity contribution in [3.05, 3.63) is 47.8 Å². The van der Waals surface area contributed by atoms with Gasteiger partial charge in [0.05, 0.1) is 5.56 Å². The minimum Gasteiger partial charge on any atom is -0.314 e. The number of piperazine rings is 1. The van der Waals surface area contributed by atoms with Crippen molar-refractivity contribution >= 4 is 24.8 Å². The van der Waals surface area contributed by atoms with Crippen molar-refractivity contribution < 1.29 is 17.6 Å². The molecule has 8 heteroatoms.